The zero-order chi connectivity index (χ0) is 13.4. The lowest BCUT2D eigenvalue weighted by molar-refractivity contribution is -0.383. The summed E-state index contributed by atoms with van der Waals surface area (Å²) in [6.07, 6.45) is 0.643. The molecule has 1 aromatic carbocycles. The molecule has 6 nitrogen and oxygen atoms in total. The smallest absolute Gasteiger partial charge is 0.320 e. The summed E-state index contributed by atoms with van der Waals surface area (Å²) >= 11 is 0. The number of carbonyl (C=O) groups is 1. The van der Waals surface area contributed by atoms with Crippen LogP contribution in [0.2, 0.25) is 0 Å². The third-order valence-corrected chi connectivity index (χ3v) is 3.16. The summed E-state index contributed by atoms with van der Waals surface area (Å²) in [6, 6.07) is 3.25. The molecule has 94 valence electrons. The van der Waals surface area contributed by atoms with Crippen LogP contribution in [0.3, 0.4) is 0 Å². The number of nitrogens with zero attached hydrogens (tertiary/aromatic N) is 2. The maximum absolute atomic E-state index is 11.2. The lowest BCUT2D eigenvalue weighted by Crippen LogP contribution is -1.95. The molecular weight excluding hydrogens is 236 g/mol. The molecule has 0 N–H and O–H groups in total. The second-order valence-electron chi connectivity index (χ2n) is 3.94. The quantitative estimate of drug-likeness (QED) is 0.474. The first-order valence-electron chi connectivity index (χ1n) is 5.28. The number of hydrogen-bond acceptors (Lipinski definition) is 4. The minimum Gasteiger partial charge on any atom is -0.490 e. The molecule has 0 unspecified atom stereocenters. The Kier molecular flexibility index (Phi) is 2.78. The fourth-order valence-corrected chi connectivity index (χ4v) is 2.14. The number of fused-ring (bicyclic) bond motifs is 1. The summed E-state index contributed by atoms with van der Waals surface area (Å²) < 4.78 is 6.75. The van der Waals surface area contributed by atoms with Crippen molar-refractivity contribution in [2.75, 3.05) is 7.11 Å². The van der Waals surface area contributed by atoms with Gasteiger partial charge in [-0.25, -0.2) is 0 Å². The molecule has 0 aliphatic rings. The van der Waals surface area contributed by atoms with Gasteiger partial charge in [0.1, 0.15) is 0 Å². The van der Waals surface area contributed by atoms with Gasteiger partial charge in [0.2, 0.25) is 0 Å². The Morgan fingerprint density at radius 3 is 2.61 bits per heavy atom. The van der Waals surface area contributed by atoms with Gasteiger partial charge in [0.05, 0.1) is 22.9 Å². The van der Waals surface area contributed by atoms with Crippen molar-refractivity contribution in [1.82, 2.24) is 4.57 Å². The van der Waals surface area contributed by atoms with Crippen LogP contribution in [0.15, 0.2) is 12.1 Å². The Labute approximate surface area is 103 Å². The first-order valence-corrected chi connectivity index (χ1v) is 5.28. The number of nitro benzene ring substituents is 1. The molecule has 0 spiro atoms. The minimum atomic E-state index is -0.520. The maximum Gasteiger partial charge on any atom is 0.320 e. The number of aldehydes is 1. The van der Waals surface area contributed by atoms with Gasteiger partial charge in [0.25, 0.3) is 0 Å². The van der Waals surface area contributed by atoms with Crippen molar-refractivity contribution < 1.29 is 14.5 Å². The lowest BCUT2D eigenvalue weighted by atomic mass is 10.1. The molecule has 0 amide bonds. The third-order valence-electron chi connectivity index (χ3n) is 3.16. The van der Waals surface area contributed by atoms with Crippen LogP contribution in [-0.4, -0.2) is 22.9 Å². The number of hydrogen-bond donors (Lipinski definition) is 0. The molecule has 0 radical (unpaired) electrons. The van der Waals surface area contributed by atoms with Gasteiger partial charge in [0.15, 0.2) is 12.0 Å². The van der Waals surface area contributed by atoms with Crippen molar-refractivity contribution in [3.63, 3.8) is 0 Å². The Morgan fingerprint density at radius 2 is 2.11 bits per heavy atom. The molecule has 6 heteroatoms. The van der Waals surface area contributed by atoms with Crippen LogP contribution < -0.4 is 4.74 Å². The third kappa shape index (κ3) is 1.46. The summed E-state index contributed by atoms with van der Waals surface area (Å²) in [4.78, 5) is 21.8. The zero-order valence-electron chi connectivity index (χ0n) is 10.3. The van der Waals surface area contributed by atoms with Gasteiger partial charge in [-0.15, -0.1) is 0 Å². The molecule has 2 aromatic rings. The van der Waals surface area contributed by atoms with E-state index in [1.807, 2.05) is 0 Å². The van der Waals surface area contributed by atoms with Crippen molar-refractivity contribution >= 4 is 22.9 Å². The second kappa shape index (κ2) is 4.14. The first kappa shape index (κ1) is 12.1. The number of carbonyl (C=O) groups excluding carboxylic acids is 1. The van der Waals surface area contributed by atoms with Gasteiger partial charge >= 0.3 is 5.69 Å². The summed E-state index contributed by atoms with van der Waals surface area (Å²) in [5.74, 6) is 0.154. The van der Waals surface area contributed by atoms with Crippen molar-refractivity contribution in [2.24, 2.45) is 7.05 Å². The highest BCUT2D eigenvalue weighted by Gasteiger charge is 2.25. The van der Waals surface area contributed by atoms with Gasteiger partial charge in [0, 0.05) is 18.3 Å². The highest BCUT2D eigenvalue weighted by atomic mass is 16.6. The van der Waals surface area contributed by atoms with E-state index in [2.05, 4.69) is 0 Å². The van der Waals surface area contributed by atoms with Gasteiger partial charge in [-0.2, -0.15) is 0 Å². The Hall–Kier alpha value is -2.37. The largest absolute Gasteiger partial charge is 0.490 e. The van der Waals surface area contributed by atoms with E-state index in [4.69, 9.17) is 4.74 Å². The Morgan fingerprint density at radius 1 is 1.44 bits per heavy atom. The van der Waals surface area contributed by atoms with Crippen LogP contribution in [0.25, 0.3) is 10.9 Å². The van der Waals surface area contributed by atoms with E-state index < -0.39 is 4.92 Å². The molecule has 1 heterocycles. The average Bonchev–Trinajstić information content (AvgIpc) is 2.60. The number of rotatable bonds is 3. The van der Waals surface area contributed by atoms with Gasteiger partial charge in [-0.3, -0.25) is 14.9 Å². The second-order valence-corrected chi connectivity index (χ2v) is 3.94. The number of nitro groups is 1. The lowest BCUT2D eigenvalue weighted by Gasteiger charge is -2.03. The van der Waals surface area contributed by atoms with E-state index in [-0.39, 0.29) is 11.4 Å². The molecule has 0 aliphatic heterocycles. The number of benzene rings is 1. The maximum atomic E-state index is 11.2. The van der Waals surface area contributed by atoms with Crippen LogP contribution in [0, 0.1) is 17.0 Å². The van der Waals surface area contributed by atoms with Crippen molar-refractivity contribution in [3.8, 4) is 5.75 Å². The zero-order valence-corrected chi connectivity index (χ0v) is 10.3. The molecule has 0 saturated carbocycles. The molecular formula is C12H12N2O4. The fourth-order valence-electron chi connectivity index (χ4n) is 2.14. The molecule has 0 bridgehead atoms. The number of methoxy groups -OCH3 is 1. The molecule has 2 rings (SSSR count). The summed E-state index contributed by atoms with van der Waals surface area (Å²) in [6.45, 7) is 1.75. The topological polar surface area (TPSA) is 74.4 Å². The highest BCUT2D eigenvalue weighted by molar-refractivity contribution is 6.05. The Balaban J connectivity index is 3.04. The molecule has 0 fully saturated rings. The number of aryl methyl sites for hydroxylation is 1. The average molecular weight is 248 g/mol. The molecule has 0 saturated heterocycles. The fraction of sp³-hybridized carbons (Fsp3) is 0.250. The normalized spacial score (nSPS) is 10.6. The van der Waals surface area contributed by atoms with E-state index in [0.717, 1.165) is 0 Å². The van der Waals surface area contributed by atoms with Crippen molar-refractivity contribution in [3.05, 3.63) is 33.5 Å². The number of ether oxygens (including phenoxy) is 1. The van der Waals surface area contributed by atoms with Crippen LogP contribution in [-0.2, 0) is 7.05 Å². The summed E-state index contributed by atoms with van der Waals surface area (Å²) in [7, 11) is 3.13. The Bertz CT molecular complexity index is 658. The van der Waals surface area contributed by atoms with Gasteiger partial charge in [-0.1, -0.05) is 0 Å². The first-order chi connectivity index (χ1) is 8.52. The van der Waals surface area contributed by atoms with E-state index in [1.165, 1.54) is 13.2 Å². The van der Waals surface area contributed by atoms with Crippen LogP contribution >= 0.6 is 0 Å². The van der Waals surface area contributed by atoms with E-state index >= 15 is 0 Å². The number of aromatic nitrogens is 1. The summed E-state index contributed by atoms with van der Waals surface area (Å²) in [5, 5.41) is 11.5. The highest BCUT2D eigenvalue weighted by Crippen LogP contribution is 2.38. The van der Waals surface area contributed by atoms with E-state index in [0.29, 0.717) is 28.4 Å². The standard InChI is InChI=1S/C12H12N2O4/c1-7-8(6-15)11-9(13(7)2)4-5-10(18-3)12(11)14(16)17/h4-6H,1-3H3. The van der Waals surface area contributed by atoms with Gasteiger partial charge < -0.3 is 9.30 Å². The predicted octanol–water partition coefficient (Wildman–Crippen LogP) is 2.22. The van der Waals surface area contributed by atoms with Crippen molar-refractivity contribution in [1.29, 1.82) is 0 Å². The minimum absolute atomic E-state index is 0.154. The van der Waals surface area contributed by atoms with Crippen LogP contribution in [0.1, 0.15) is 16.1 Å². The monoisotopic (exact) mass is 248 g/mol. The van der Waals surface area contributed by atoms with Crippen LogP contribution in [0.5, 0.6) is 5.75 Å². The van der Waals surface area contributed by atoms with Crippen molar-refractivity contribution in [2.45, 2.75) is 6.92 Å². The summed E-state index contributed by atoms with van der Waals surface area (Å²) in [5.41, 5.74) is 1.50. The van der Waals surface area contributed by atoms with Gasteiger partial charge in [-0.05, 0) is 19.1 Å². The van der Waals surface area contributed by atoms with E-state index in [9.17, 15) is 14.9 Å². The predicted molar refractivity (Wildman–Crippen MR) is 66.2 cm³/mol. The molecule has 18 heavy (non-hydrogen) atoms. The van der Waals surface area contributed by atoms with E-state index in [1.54, 1.807) is 24.6 Å². The molecule has 0 aliphatic carbocycles. The SMILES string of the molecule is COc1ccc2c(c(C=O)c(C)n2C)c1[N+](=O)[O-]. The molecule has 1 aromatic heterocycles. The van der Waals surface area contributed by atoms with Crippen LogP contribution in [0.4, 0.5) is 5.69 Å². The molecule has 0 atom stereocenters.